The Balaban J connectivity index is 1.89. The van der Waals surface area contributed by atoms with E-state index >= 15 is 0 Å². The van der Waals surface area contributed by atoms with Gasteiger partial charge in [-0.2, -0.15) is 11.3 Å². The van der Waals surface area contributed by atoms with Gasteiger partial charge in [0.2, 0.25) is 0 Å². The molecule has 16 heavy (non-hydrogen) atoms. The summed E-state index contributed by atoms with van der Waals surface area (Å²) in [5.74, 6) is -0.689. The molecule has 1 aromatic heterocycles. The smallest absolute Gasteiger partial charge is 0.312 e. The molecule has 0 saturated carbocycles. The third-order valence-corrected chi connectivity index (χ3v) is 4.57. The summed E-state index contributed by atoms with van der Waals surface area (Å²) in [4.78, 5) is 11.6. The maximum absolute atomic E-state index is 11.6. The van der Waals surface area contributed by atoms with Crippen LogP contribution in [-0.4, -0.2) is 23.3 Å². The summed E-state index contributed by atoms with van der Waals surface area (Å²) in [7, 11) is 0. The Morgan fingerprint density at radius 1 is 1.62 bits per heavy atom. The van der Waals surface area contributed by atoms with Crippen molar-refractivity contribution in [2.45, 2.75) is 37.9 Å². The Morgan fingerprint density at radius 2 is 2.50 bits per heavy atom. The molecule has 86 valence electrons. The summed E-state index contributed by atoms with van der Waals surface area (Å²) in [6.07, 6.45) is 3.34. The highest BCUT2D eigenvalue weighted by atomic mass is 32.1. The van der Waals surface area contributed by atoms with E-state index in [1.54, 1.807) is 11.3 Å². The van der Waals surface area contributed by atoms with Crippen LogP contribution in [0.1, 0.15) is 24.8 Å². The number of carbonyl (C=O) groups is 1. The number of hydrogen-bond acceptors (Lipinski definition) is 3. The topological polar surface area (TPSA) is 46.5 Å². The first-order valence-electron chi connectivity index (χ1n) is 5.61. The van der Waals surface area contributed by atoms with Gasteiger partial charge in [-0.15, -0.1) is 0 Å². The molecule has 0 radical (unpaired) electrons. The number of rotatable bonds is 3. The summed E-state index contributed by atoms with van der Waals surface area (Å²) in [5, 5.41) is 13.5. The van der Waals surface area contributed by atoms with Crippen LogP contribution in [-0.2, 0) is 16.0 Å². The van der Waals surface area contributed by atoms with E-state index in [-0.39, 0.29) is 12.2 Å². The monoisotopic (exact) mass is 238 g/mol. The molecule has 2 aliphatic heterocycles. The number of carboxylic acid groups (broad SMARTS) is 1. The molecule has 3 rings (SSSR count). The average Bonchev–Trinajstić information content (AvgIpc) is 2.92. The van der Waals surface area contributed by atoms with Gasteiger partial charge < -0.3 is 9.84 Å². The van der Waals surface area contributed by atoms with Crippen molar-refractivity contribution in [2.75, 3.05) is 0 Å². The third kappa shape index (κ3) is 1.40. The highest BCUT2D eigenvalue weighted by Gasteiger charge is 2.57. The highest BCUT2D eigenvalue weighted by Crippen LogP contribution is 2.49. The number of hydrogen-bond donors (Lipinski definition) is 1. The van der Waals surface area contributed by atoms with Crippen molar-refractivity contribution in [1.29, 1.82) is 0 Å². The van der Waals surface area contributed by atoms with E-state index in [0.717, 1.165) is 18.4 Å². The largest absolute Gasteiger partial charge is 0.481 e. The van der Waals surface area contributed by atoms with E-state index in [9.17, 15) is 9.90 Å². The summed E-state index contributed by atoms with van der Waals surface area (Å²) in [6.45, 7) is 0. The predicted molar refractivity (Wildman–Crippen MR) is 60.6 cm³/mol. The van der Waals surface area contributed by atoms with Crippen molar-refractivity contribution in [2.24, 2.45) is 5.41 Å². The second-order valence-corrected chi connectivity index (χ2v) is 5.58. The average molecular weight is 238 g/mol. The van der Waals surface area contributed by atoms with Crippen LogP contribution in [0.15, 0.2) is 16.8 Å². The first-order chi connectivity index (χ1) is 7.71. The van der Waals surface area contributed by atoms with E-state index in [1.807, 2.05) is 16.8 Å². The van der Waals surface area contributed by atoms with Gasteiger partial charge in [-0.3, -0.25) is 4.79 Å². The van der Waals surface area contributed by atoms with Gasteiger partial charge in [0.1, 0.15) is 5.41 Å². The molecule has 3 nitrogen and oxygen atoms in total. The lowest BCUT2D eigenvalue weighted by atomic mass is 9.70. The molecule has 0 spiro atoms. The second kappa shape index (κ2) is 3.57. The van der Waals surface area contributed by atoms with E-state index < -0.39 is 11.4 Å². The molecule has 2 saturated heterocycles. The van der Waals surface area contributed by atoms with E-state index in [1.165, 1.54) is 0 Å². The van der Waals surface area contributed by atoms with Gasteiger partial charge in [0.05, 0.1) is 12.2 Å². The summed E-state index contributed by atoms with van der Waals surface area (Å²) in [5.41, 5.74) is 0.466. The third-order valence-electron chi connectivity index (χ3n) is 3.84. The van der Waals surface area contributed by atoms with Gasteiger partial charge in [-0.1, -0.05) is 0 Å². The molecule has 0 aliphatic carbocycles. The maximum Gasteiger partial charge on any atom is 0.312 e. The van der Waals surface area contributed by atoms with Crippen LogP contribution in [0.3, 0.4) is 0 Å². The summed E-state index contributed by atoms with van der Waals surface area (Å²) in [6, 6.07) is 2.02. The lowest BCUT2D eigenvalue weighted by Crippen LogP contribution is -2.42. The van der Waals surface area contributed by atoms with Crippen molar-refractivity contribution in [3.8, 4) is 0 Å². The molecule has 1 aromatic rings. The SMILES string of the molecule is O=C(O)C1(Cc2ccsc2)CC2CCC1O2. The first-order valence-corrected chi connectivity index (χ1v) is 6.55. The number of fused-ring (bicyclic) bond motifs is 2. The molecule has 3 atom stereocenters. The second-order valence-electron chi connectivity index (χ2n) is 4.80. The van der Waals surface area contributed by atoms with Crippen molar-refractivity contribution < 1.29 is 14.6 Å². The molecule has 0 amide bonds. The number of aliphatic carboxylic acids is 1. The normalized spacial score (nSPS) is 36.8. The Kier molecular flexibility index (Phi) is 2.30. The Hall–Kier alpha value is -0.870. The molecule has 2 bridgehead atoms. The highest BCUT2D eigenvalue weighted by molar-refractivity contribution is 7.07. The van der Waals surface area contributed by atoms with Gasteiger partial charge >= 0.3 is 5.97 Å². The van der Waals surface area contributed by atoms with Gasteiger partial charge in [0, 0.05) is 0 Å². The Morgan fingerprint density at radius 3 is 3.00 bits per heavy atom. The summed E-state index contributed by atoms with van der Waals surface area (Å²) >= 11 is 1.62. The molecule has 3 heterocycles. The van der Waals surface area contributed by atoms with E-state index in [4.69, 9.17) is 4.74 Å². The van der Waals surface area contributed by atoms with Crippen molar-refractivity contribution >= 4 is 17.3 Å². The molecule has 2 aliphatic rings. The van der Waals surface area contributed by atoms with Crippen LogP contribution in [0, 0.1) is 5.41 Å². The molecule has 3 unspecified atom stereocenters. The Labute approximate surface area is 98.0 Å². The van der Waals surface area contributed by atoms with E-state index in [0.29, 0.717) is 12.8 Å². The number of carboxylic acids is 1. The van der Waals surface area contributed by atoms with Crippen molar-refractivity contribution in [1.82, 2.24) is 0 Å². The standard InChI is InChI=1S/C12H14O3S/c13-11(14)12(5-8-3-4-16-7-8)6-9-1-2-10(12)15-9/h3-4,7,9-10H,1-2,5-6H2,(H,13,14). The molecule has 1 N–H and O–H groups in total. The van der Waals surface area contributed by atoms with Gasteiger partial charge in [0.15, 0.2) is 0 Å². The minimum Gasteiger partial charge on any atom is -0.481 e. The predicted octanol–water partition coefficient (Wildman–Crippen LogP) is 2.31. The fourth-order valence-electron chi connectivity index (χ4n) is 3.04. The van der Waals surface area contributed by atoms with Gasteiger partial charge in [-0.05, 0) is 48.1 Å². The first kappa shape index (κ1) is 10.3. The molecule has 2 fully saturated rings. The molecular weight excluding hydrogens is 224 g/mol. The molecular formula is C12H14O3S. The zero-order valence-corrected chi connectivity index (χ0v) is 9.70. The van der Waals surface area contributed by atoms with Crippen molar-refractivity contribution in [3.05, 3.63) is 22.4 Å². The zero-order chi connectivity index (χ0) is 11.2. The van der Waals surface area contributed by atoms with Crippen LogP contribution in [0.2, 0.25) is 0 Å². The lowest BCUT2D eigenvalue weighted by Gasteiger charge is -2.30. The molecule has 4 heteroatoms. The Bertz CT molecular complexity index is 400. The van der Waals surface area contributed by atoms with Crippen LogP contribution in [0.25, 0.3) is 0 Å². The quantitative estimate of drug-likeness (QED) is 0.879. The summed E-state index contributed by atoms with van der Waals surface area (Å²) < 4.78 is 5.72. The van der Waals surface area contributed by atoms with Crippen molar-refractivity contribution in [3.63, 3.8) is 0 Å². The molecule has 0 aromatic carbocycles. The zero-order valence-electron chi connectivity index (χ0n) is 8.89. The lowest BCUT2D eigenvalue weighted by molar-refractivity contribution is -0.152. The number of ether oxygens (including phenoxy) is 1. The van der Waals surface area contributed by atoms with Gasteiger partial charge in [0.25, 0.3) is 0 Å². The van der Waals surface area contributed by atoms with Crippen LogP contribution >= 0.6 is 11.3 Å². The fourth-order valence-corrected chi connectivity index (χ4v) is 3.71. The van der Waals surface area contributed by atoms with Gasteiger partial charge in [-0.25, -0.2) is 0 Å². The minimum absolute atomic E-state index is 0.0742. The van der Waals surface area contributed by atoms with Crippen LogP contribution in [0.4, 0.5) is 0 Å². The maximum atomic E-state index is 11.6. The van der Waals surface area contributed by atoms with Crippen LogP contribution in [0.5, 0.6) is 0 Å². The minimum atomic E-state index is -0.689. The number of thiophene rings is 1. The van der Waals surface area contributed by atoms with E-state index in [2.05, 4.69) is 0 Å². The fraction of sp³-hybridized carbons (Fsp3) is 0.583. The van der Waals surface area contributed by atoms with Crippen LogP contribution < -0.4 is 0 Å².